The highest BCUT2D eigenvalue weighted by Gasteiger charge is 2.16. The molecule has 1 amide bonds. The SMILES string of the molecule is Cc1ccc(NS(=O)(=O)c2ccc(NC(=O)c3ccc(CN4CCCC4)cc3)cc2)cc1Cl. The fraction of sp³-hybridized carbons (Fsp3) is 0.240. The van der Waals surface area contributed by atoms with Crippen LogP contribution in [0.2, 0.25) is 5.02 Å². The van der Waals surface area contributed by atoms with Crippen molar-refractivity contribution in [1.29, 1.82) is 0 Å². The minimum absolute atomic E-state index is 0.0865. The quantitative estimate of drug-likeness (QED) is 0.478. The maximum absolute atomic E-state index is 12.7. The lowest BCUT2D eigenvalue weighted by atomic mass is 10.1. The van der Waals surface area contributed by atoms with Gasteiger partial charge in [-0.2, -0.15) is 0 Å². The molecule has 1 fully saturated rings. The number of halogens is 1. The Labute approximate surface area is 199 Å². The number of amides is 1. The molecule has 172 valence electrons. The number of hydrogen-bond acceptors (Lipinski definition) is 4. The molecule has 0 aromatic heterocycles. The predicted octanol–water partition coefficient (Wildman–Crippen LogP) is 5.30. The first kappa shape index (κ1) is 23.3. The van der Waals surface area contributed by atoms with Crippen LogP contribution in [0.25, 0.3) is 0 Å². The van der Waals surface area contributed by atoms with E-state index in [0.29, 0.717) is 22.0 Å². The van der Waals surface area contributed by atoms with E-state index >= 15 is 0 Å². The number of anilines is 2. The minimum atomic E-state index is -3.78. The van der Waals surface area contributed by atoms with Crippen LogP contribution in [-0.2, 0) is 16.6 Å². The number of nitrogens with zero attached hydrogens (tertiary/aromatic N) is 1. The summed E-state index contributed by atoms with van der Waals surface area (Å²) >= 11 is 6.08. The number of sulfonamides is 1. The molecule has 2 N–H and O–H groups in total. The molecule has 0 unspecified atom stereocenters. The molecule has 1 heterocycles. The maximum atomic E-state index is 12.7. The molecule has 8 heteroatoms. The first-order chi connectivity index (χ1) is 15.8. The highest BCUT2D eigenvalue weighted by molar-refractivity contribution is 7.92. The Bertz CT molecular complexity index is 1240. The summed E-state index contributed by atoms with van der Waals surface area (Å²) in [4.78, 5) is 15.1. The number of benzene rings is 3. The molecule has 0 radical (unpaired) electrons. The largest absolute Gasteiger partial charge is 0.322 e. The summed E-state index contributed by atoms with van der Waals surface area (Å²) < 4.78 is 27.8. The van der Waals surface area contributed by atoms with Crippen LogP contribution in [-0.4, -0.2) is 32.3 Å². The van der Waals surface area contributed by atoms with Crippen LogP contribution >= 0.6 is 11.6 Å². The van der Waals surface area contributed by atoms with Crippen molar-refractivity contribution in [2.45, 2.75) is 31.2 Å². The lowest BCUT2D eigenvalue weighted by molar-refractivity contribution is 0.102. The summed E-state index contributed by atoms with van der Waals surface area (Å²) in [5.41, 5.74) is 3.50. The van der Waals surface area contributed by atoms with Gasteiger partial charge in [-0.3, -0.25) is 14.4 Å². The third-order valence-electron chi connectivity index (χ3n) is 5.67. The smallest absolute Gasteiger partial charge is 0.261 e. The summed E-state index contributed by atoms with van der Waals surface area (Å²) in [7, 11) is -3.78. The predicted molar refractivity (Wildman–Crippen MR) is 132 cm³/mol. The molecule has 0 atom stereocenters. The topological polar surface area (TPSA) is 78.5 Å². The van der Waals surface area contributed by atoms with Crippen molar-refractivity contribution in [3.05, 3.63) is 88.4 Å². The van der Waals surface area contributed by atoms with Gasteiger partial charge in [-0.15, -0.1) is 0 Å². The third-order valence-corrected chi connectivity index (χ3v) is 7.47. The maximum Gasteiger partial charge on any atom is 0.261 e. The van der Waals surface area contributed by atoms with Crippen molar-refractivity contribution in [2.75, 3.05) is 23.1 Å². The number of rotatable bonds is 7. The van der Waals surface area contributed by atoms with Gasteiger partial charge < -0.3 is 5.32 Å². The zero-order valence-electron chi connectivity index (χ0n) is 18.3. The van der Waals surface area contributed by atoms with Crippen LogP contribution in [0.5, 0.6) is 0 Å². The van der Waals surface area contributed by atoms with E-state index in [-0.39, 0.29) is 10.8 Å². The summed E-state index contributed by atoms with van der Waals surface area (Å²) in [5, 5.41) is 3.29. The molecular weight excluding hydrogens is 458 g/mol. The molecule has 0 aliphatic carbocycles. The normalized spacial score (nSPS) is 14.2. The van der Waals surface area contributed by atoms with Gasteiger partial charge in [-0.1, -0.05) is 29.8 Å². The van der Waals surface area contributed by atoms with Crippen molar-refractivity contribution in [1.82, 2.24) is 4.90 Å². The van der Waals surface area contributed by atoms with E-state index in [9.17, 15) is 13.2 Å². The molecule has 3 aromatic rings. The summed E-state index contributed by atoms with van der Waals surface area (Å²) in [6.45, 7) is 5.00. The van der Waals surface area contributed by atoms with Gasteiger partial charge in [-0.05, 0) is 92.5 Å². The van der Waals surface area contributed by atoms with Gasteiger partial charge in [-0.25, -0.2) is 8.42 Å². The standard InChI is InChI=1S/C25H26ClN3O3S/c1-18-4-9-22(16-24(18)26)28-33(31,32)23-12-10-21(11-13-23)27-25(30)20-7-5-19(6-8-20)17-29-14-2-3-15-29/h4-13,16,28H,2-3,14-15,17H2,1H3,(H,27,30). The molecule has 3 aromatic carbocycles. The van der Waals surface area contributed by atoms with E-state index in [0.717, 1.165) is 25.2 Å². The molecule has 33 heavy (non-hydrogen) atoms. The van der Waals surface area contributed by atoms with Crippen LogP contribution in [0.1, 0.15) is 34.3 Å². The minimum Gasteiger partial charge on any atom is -0.322 e. The highest BCUT2D eigenvalue weighted by Crippen LogP contribution is 2.23. The molecule has 0 saturated carbocycles. The molecular formula is C25H26ClN3O3S. The Morgan fingerprint density at radius 2 is 1.58 bits per heavy atom. The van der Waals surface area contributed by atoms with E-state index in [1.807, 2.05) is 31.2 Å². The van der Waals surface area contributed by atoms with Crippen molar-refractivity contribution >= 4 is 38.9 Å². The number of aryl methyl sites for hydroxylation is 1. The Kier molecular flexibility index (Phi) is 7.02. The van der Waals surface area contributed by atoms with E-state index in [2.05, 4.69) is 14.9 Å². The van der Waals surface area contributed by atoms with Crippen molar-refractivity contribution in [2.24, 2.45) is 0 Å². The number of hydrogen-bond donors (Lipinski definition) is 2. The van der Waals surface area contributed by atoms with Crippen molar-refractivity contribution < 1.29 is 13.2 Å². The first-order valence-corrected chi connectivity index (χ1v) is 12.7. The van der Waals surface area contributed by atoms with Gasteiger partial charge in [0.2, 0.25) is 0 Å². The van der Waals surface area contributed by atoms with Crippen LogP contribution in [0.4, 0.5) is 11.4 Å². The van der Waals surface area contributed by atoms with Gasteiger partial charge in [0, 0.05) is 22.8 Å². The van der Waals surface area contributed by atoms with E-state index in [4.69, 9.17) is 11.6 Å². The molecule has 0 bridgehead atoms. The van der Waals surface area contributed by atoms with Crippen molar-refractivity contribution in [3.8, 4) is 0 Å². The van der Waals surface area contributed by atoms with Crippen LogP contribution in [0.3, 0.4) is 0 Å². The summed E-state index contributed by atoms with van der Waals surface area (Å²) in [5.74, 6) is -0.245. The molecule has 1 aliphatic heterocycles. The van der Waals surface area contributed by atoms with Gasteiger partial charge >= 0.3 is 0 Å². The van der Waals surface area contributed by atoms with E-state index in [1.165, 1.54) is 30.5 Å². The zero-order chi connectivity index (χ0) is 23.4. The van der Waals surface area contributed by atoms with Crippen LogP contribution in [0, 0.1) is 6.92 Å². The second-order valence-electron chi connectivity index (χ2n) is 8.23. The molecule has 6 nitrogen and oxygen atoms in total. The Hall–Kier alpha value is -2.87. The second-order valence-corrected chi connectivity index (χ2v) is 10.3. The van der Waals surface area contributed by atoms with Gasteiger partial charge in [0.15, 0.2) is 0 Å². The number of carbonyl (C=O) groups is 1. The monoisotopic (exact) mass is 483 g/mol. The lowest BCUT2D eigenvalue weighted by Gasteiger charge is -2.14. The highest BCUT2D eigenvalue weighted by atomic mass is 35.5. The third kappa shape index (κ3) is 5.93. The van der Waals surface area contributed by atoms with Gasteiger partial charge in [0.1, 0.15) is 0 Å². The fourth-order valence-electron chi connectivity index (χ4n) is 3.75. The molecule has 1 aliphatic rings. The van der Waals surface area contributed by atoms with E-state index < -0.39 is 10.0 Å². The number of carbonyl (C=O) groups excluding carboxylic acids is 1. The van der Waals surface area contributed by atoms with Crippen LogP contribution in [0.15, 0.2) is 71.6 Å². The molecule has 4 rings (SSSR count). The molecule has 0 spiro atoms. The van der Waals surface area contributed by atoms with E-state index in [1.54, 1.807) is 30.3 Å². The Morgan fingerprint density at radius 3 is 2.21 bits per heavy atom. The summed E-state index contributed by atoms with van der Waals surface area (Å²) in [6, 6.07) is 18.6. The first-order valence-electron chi connectivity index (χ1n) is 10.8. The fourth-order valence-corrected chi connectivity index (χ4v) is 4.98. The summed E-state index contributed by atoms with van der Waals surface area (Å²) in [6.07, 6.45) is 2.49. The average molecular weight is 484 g/mol. The lowest BCUT2D eigenvalue weighted by Crippen LogP contribution is -2.18. The van der Waals surface area contributed by atoms with Gasteiger partial charge in [0.05, 0.1) is 10.6 Å². The number of nitrogens with one attached hydrogen (secondary N) is 2. The second kappa shape index (κ2) is 9.95. The number of likely N-dealkylation sites (tertiary alicyclic amines) is 1. The van der Waals surface area contributed by atoms with Crippen LogP contribution < -0.4 is 10.0 Å². The van der Waals surface area contributed by atoms with Gasteiger partial charge in [0.25, 0.3) is 15.9 Å². The Balaban J connectivity index is 1.38. The molecule has 1 saturated heterocycles. The van der Waals surface area contributed by atoms with Crippen molar-refractivity contribution in [3.63, 3.8) is 0 Å². The average Bonchev–Trinajstić information content (AvgIpc) is 3.30. The Morgan fingerprint density at radius 1 is 0.939 bits per heavy atom. The zero-order valence-corrected chi connectivity index (χ0v) is 19.9.